The summed E-state index contributed by atoms with van der Waals surface area (Å²) in [7, 11) is 1.63. The van der Waals surface area contributed by atoms with Gasteiger partial charge in [-0.1, -0.05) is 54.6 Å². The summed E-state index contributed by atoms with van der Waals surface area (Å²) in [5.41, 5.74) is 8.39. The number of carbonyl (C=O) groups excluding carboxylic acids is 1. The van der Waals surface area contributed by atoms with Gasteiger partial charge in [-0.05, 0) is 35.4 Å². The SMILES string of the molecule is COc1ccc(CNC(=O)[C@@H]2C[C@@H](Oc3cccc(C(=N)N)c3)CN2Cc2ccccc2)cc1. The minimum Gasteiger partial charge on any atom is -0.497 e. The second-order valence-electron chi connectivity index (χ2n) is 8.41. The van der Waals surface area contributed by atoms with Crippen LogP contribution in [0.1, 0.15) is 23.1 Å². The second-order valence-corrected chi connectivity index (χ2v) is 8.41. The first-order valence-electron chi connectivity index (χ1n) is 11.3. The van der Waals surface area contributed by atoms with Crippen molar-refractivity contribution in [3.63, 3.8) is 0 Å². The van der Waals surface area contributed by atoms with Gasteiger partial charge in [-0.25, -0.2) is 0 Å². The highest BCUT2D eigenvalue weighted by atomic mass is 16.5. The number of amidine groups is 1. The van der Waals surface area contributed by atoms with Crippen LogP contribution < -0.4 is 20.5 Å². The first-order valence-corrected chi connectivity index (χ1v) is 11.3. The van der Waals surface area contributed by atoms with Gasteiger partial charge in [-0.2, -0.15) is 0 Å². The van der Waals surface area contributed by atoms with Crippen molar-refractivity contribution in [2.75, 3.05) is 13.7 Å². The van der Waals surface area contributed by atoms with Crippen LogP contribution in [0.2, 0.25) is 0 Å². The summed E-state index contributed by atoms with van der Waals surface area (Å²) < 4.78 is 11.4. The topological polar surface area (TPSA) is 101 Å². The van der Waals surface area contributed by atoms with Gasteiger partial charge in [0.05, 0.1) is 13.2 Å². The van der Waals surface area contributed by atoms with Crippen LogP contribution in [0.25, 0.3) is 0 Å². The molecule has 3 aromatic carbocycles. The van der Waals surface area contributed by atoms with Crippen LogP contribution >= 0.6 is 0 Å². The van der Waals surface area contributed by atoms with Gasteiger partial charge in [0.2, 0.25) is 5.91 Å². The third kappa shape index (κ3) is 5.94. The van der Waals surface area contributed by atoms with Crippen molar-refractivity contribution in [3.05, 3.63) is 95.6 Å². The molecule has 0 aromatic heterocycles. The van der Waals surface area contributed by atoms with E-state index >= 15 is 0 Å². The van der Waals surface area contributed by atoms with Gasteiger partial charge in [-0.15, -0.1) is 0 Å². The highest BCUT2D eigenvalue weighted by Gasteiger charge is 2.38. The summed E-state index contributed by atoms with van der Waals surface area (Å²) in [6.07, 6.45) is 0.425. The zero-order valence-electron chi connectivity index (χ0n) is 19.2. The van der Waals surface area contributed by atoms with Crippen molar-refractivity contribution in [1.29, 1.82) is 5.41 Å². The Balaban J connectivity index is 1.45. The number of nitrogen functional groups attached to an aromatic ring is 1. The molecule has 2 atom stereocenters. The molecule has 0 aliphatic carbocycles. The molecule has 7 heteroatoms. The summed E-state index contributed by atoms with van der Waals surface area (Å²) in [5.74, 6) is 1.42. The zero-order chi connectivity index (χ0) is 23.9. The molecule has 0 radical (unpaired) electrons. The van der Waals surface area contributed by atoms with E-state index in [2.05, 4.69) is 22.3 Å². The highest BCUT2D eigenvalue weighted by Crippen LogP contribution is 2.26. The molecular weight excluding hydrogens is 428 g/mol. The third-order valence-corrected chi connectivity index (χ3v) is 5.97. The number of benzene rings is 3. The number of methoxy groups -OCH3 is 1. The highest BCUT2D eigenvalue weighted by molar-refractivity contribution is 5.95. The predicted molar refractivity (Wildman–Crippen MR) is 132 cm³/mol. The van der Waals surface area contributed by atoms with E-state index in [1.54, 1.807) is 19.2 Å². The molecule has 0 spiro atoms. The number of likely N-dealkylation sites (tertiary alicyclic amines) is 1. The normalized spacial score (nSPS) is 17.8. The number of rotatable bonds is 9. The molecule has 1 amide bonds. The van der Waals surface area contributed by atoms with Crippen LogP contribution in [-0.2, 0) is 17.9 Å². The molecule has 7 nitrogen and oxygen atoms in total. The minimum absolute atomic E-state index is 0.00152. The maximum absolute atomic E-state index is 13.2. The van der Waals surface area contributed by atoms with Gasteiger partial charge in [0.25, 0.3) is 0 Å². The van der Waals surface area contributed by atoms with Crippen molar-refractivity contribution in [2.24, 2.45) is 5.73 Å². The van der Waals surface area contributed by atoms with E-state index < -0.39 is 0 Å². The van der Waals surface area contributed by atoms with Crippen LogP contribution in [0.15, 0.2) is 78.9 Å². The molecule has 34 heavy (non-hydrogen) atoms. The zero-order valence-corrected chi connectivity index (χ0v) is 19.2. The number of hydrogen-bond acceptors (Lipinski definition) is 5. The summed E-state index contributed by atoms with van der Waals surface area (Å²) in [5, 5.41) is 10.7. The smallest absolute Gasteiger partial charge is 0.237 e. The second kappa shape index (κ2) is 10.9. The Morgan fingerprint density at radius 2 is 1.79 bits per heavy atom. The van der Waals surface area contributed by atoms with Crippen molar-refractivity contribution in [1.82, 2.24) is 10.2 Å². The van der Waals surface area contributed by atoms with Crippen molar-refractivity contribution in [2.45, 2.75) is 31.7 Å². The van der Waals surface area contributed by atoms with Gasteiger partial charge < -0.3 is 20.5 Å². The number of amides is 1. The molecule has 1 aliphatic heterocycles. The first kappa shape index (κ1) is 23.3. The van der Waals surface area contributed by atoms with Crippen LogP contribution in [-0.4, -0.2) is 42.4 Å². The number of carbonyl (C=O) groups is 1. The minimum atomic E-state index is -0.306. The Labute approximate surface area is 200 Å². The predicted octanol–water partition coefficient (Wildman–Crippen LogP) is 3.32. The van der Waals surface area contributed by atoms with E-state index in [0.29, 0.717) is 37.4 Å². The van der Waals surface area contributed by atoms with Crippen molar-refractivity contribution < 1.29 is 14.3 Å². The van der Waals surface area contributed by atoms with Crippen LogP contribution in [0.3, 0.4) is 0 Å². The summed E-state index contributed by atoms with van der Waals surface area (Å²) in [6, 6.07) is 24.7. The van der Waals surface area contributed by atoms with E-state index in [1.807, 2.05) is 54.6 Å². The quantitative estimate of drug-likeness (QED) is 0.337. The summed E-state index contributed by atoms with van der Waals surface area (Å²) in [6.45, 7) is 1.74. The molecule has 1 saturated heterocycles. The number of ether oxygens (including phenoxy) is 2. The number of nitrogens with one attached hydrogen (secondary N) is 2. The van der Waals surface area contributed by atoms with Crippen LogP contribution in [0, 0.1) is 5.41 Å². The maximum Gasteiger partial charge on any atom is 0.237 e. The average Bonchev–Trinajstić information content (AvgIpc) is 3.25. The van der Waals surface area contributed by atoms with E-state index in [4.69, 9.17) is 20.6 Å². The molecule has 0 bridgehead atoms. The van der Waals surface area contributed by atoms with Crippen LogP contribution in [0.5, 0.6) is 11.5 Å². The van der Waals surface area contributed by atoms with Gasteiger partial charge in [0.1, 0.15) is 23.4 Å². The van der Waals surface area contributed by atoms with E-state index in [-0.39, 0.29) is 23.9 Å². The number of hydrogen-bond donors (Lipinski definition) is 3. The van der Waals surface area contributed by atoms with E-state index in [9.17, 15) is 4.79 Å². The fraction of sp³-hybridized carbons (Fsp3) is 0.259. The lowest BCUT2D eigenvalue weighted by molar-refractivity contribution is -0.125. The number of nitrogens with two attached hydrogens (primary N) is 1. The van der Waals surface area contributed by atoms with Crippen LogP contribution in [0.4, 0.5) is 0 Å². The first-order chi connectivity index (χ1) is 16.5. The molecular formula is C27H30N4O3. The van der Waals surface area contributed by atoms with Gasteiger partial charge in [0.15, 0.2) is 0 Å². The lowest BCUT2D eigenvalue weighted by Crippen LogP contribution is -2.42. The third-order valence-electron chi connectivity index (χ3n) is 5.97. The van der Waals surface area contributed by atoms with Gasteiger partial charge in [-0.3, -0.25) is 15.1 Å². The van der Waals surface area contributed by atoms with Gasteiger partial charge >= 0.3 is 0 Å². The van der Waals surface area contributed by atoms with E-state index in [0.717, 1.165) is 16.9 Å². The fourth-order valence-corrected chi connectivity index (χ4v) is 4.19. The molecule has 0 saturated carbocycles. The largest absolute Gasteiger partial charge is 0.497 e. The Morgan fingerprint density at radius 1 is 1.03 bits per heavy atom. The molecule has 0 unspecified atom stereocenters. The lowest BCUT2D eigenvalue weighted by Gasteiger charge is -2.23. The van der Waals surface area contributed by atoms with Gasteiger partial charge in [0, 0.05) is 31.6 Å². The standard InChI is InChI=1S/C27H30N4O3/c1-33-22-12-10-19(11-13-22)16-30-27(32)25-15-24(18-31(25)17-20-6-3-2-4-7-20)34-23-9-5-8-21(14-23)26(28)29/h2-14,24-25H,15-18H2,1H3,(H3,28,29)(H,30,32)/t24-,25+/m1/s1. The Bertz CT molecular complexity index is 1120. The molecule has 3 aromatic rings. The fourth-order valence-electron chi connectivity index (χ4n) is 4.19. The summed E-state index contributed by atoms with van der Waals surface area (Å²) >= 11 is 0. The maximum atomic E-state index is 13.2. The summed E-state index contributed by atoms with van der Waals surface area (Å²) in [4.78, 5) is 15.4. The monoisotopic (exact) mass is 458 g/mol. The molecule has 176 valence electrons. The molecule has 4 N–H and O–H groups in total. The van der Waals surface area contributed by atoms with Crippen molar-refractivity contribution in [3.8, 4) is 11.5 Å². The molecule has 1 aliphatic rings. The lowest BCUT2D eigenvalue weighted by atomic mass is 10.1. The number of nitrogens with zero attached hydrogens (tertiary/aromatic N) is 1. The van der Waals surface area contributed by atoms with Crippen molar-refractivity contribution >= 4 is 11.7 Å². The average molecular weight is 459 g/mol. The Hall–Kier alpha value is -3.84. The van der Waals surface area contributed by atoms with E-state index in [1.165, 1.54) is 0 Å². The molecule has 1 fully saturated rings. The molecule has 1 heterocycles. The molecule has 4 rings (SSSR count). The Kier molecular flexibility index (Phi) is 7.44. The Morgan fingerprint density at radius 3 is 2.50 bits per heavy atom.